The van der Waals surface area contributed by atoms with E-state index in [-0.39, 0.29) is 154 Å². The van der Waals surface area contributed by atoms with Crippen LogP contribution in [0.3, 0.4) is 0 Å². The van der Waals surface area contributed by atoms with E-state index >= 15 is 0 Å². The number of alkyl halides is 2. The smallest absolute Gasteiger partial charge is 0.294 e. The van der Waals surface area contributed by atoms with Crippen molar-refractivity contribution in [3.63, 3.8) is 0 Å². The summed E-state index contributed by atoms with van der Waals surface area (Å²) in [7, 11) is -24.1. The highest BCUT2D eigenvalue weighted by atomic mass is 35.5. The van der Waals surface area contributed by atoms with Crippen molar-refractivity contribution >= 4 is 165 Å². The van der Waals surface area contributed by atoms with E-state index in [1.807, 2.05) is 41.5 Å². The summed E-state index contributed by atoms with van der Waals surface area (Å²) in [5.74, 6) is 0. The van der Waals surface area contributed by atoms with E-state index in [2.05, 4.69) is 0 Å². The maximum atomic E-state index is 10.5. The Hall–Kier alpha value is -2.82. The average Bonchev–Trinajstić information content (AvgIpc) is 3.21. The maximum Gasteiger partial charge on any atom is 0.294 e. The van der Waals surface area contributed by atoms with E-state index < -0.39 is 60.7 Å². The molecule has 0 unspecified atom stereocenters. The van der Waals surface area contributed by atoms with Crippen LogP contribution in [0.5, 0.6) is 0 Å². The first kappa shape index (κ1) is 114. The molecule has 20 N–H and O–H groups in total. The summed E-state index contributed by atoms with van der Waals surface area (Å²) in [4.78, 5) is -0.399. The Morgan fingerprint density at radius 3 is 0.341 bits per heavy atom. The maximum absolute atomic E-state index is 10.5. The molecule has 0 bridgehead atoms. The zero-order valence-electron chi connectivity index (χ0n) is 43.9. The van der Waals surface area contributed by atoms with E-state index in [0.717, 1.165) is 33.4 Å². The van der Waals surface area contributed by atoms with Crippen LogP contribution in [-0.4, -0.2) is 121 Å². The normalized spacial score (nSPS) is 9.44. The highest BCUT2D eigenvalue weighted by molar-refractivity contribution is 7.87. The topological polar surface area (TPSA) is 547 Å². The summed E-state index contributed by atoms with van der Waals surface area (Å²) in [5, 5.41) is 0.194. The fraction of sp³-hybridized carbons (Fsp3) is 0.163. The molecule has 0 aliphatic carbocycles. The quantitative estimate of drug-likeness (QED) is 0.102. The molecule has 39 heteroatoms. The molecule has 6 rings (SSSR count). The molecule has 0 spiro atoms. The van der Waals surface area contributed by atoms with Crippen LogP contribution in [0, 0.1) is 41.5 Å². The third-order valence-corrected chi connectivity index (χ3v) is 13.1. The van der Waals surface area contributed by atoms with Crippen LogP contribution in [0.25, 0.3) is 0 Å². The number of aryl methyl sites for hydroxylation is 6. The lowest BCUT2D eigenvalue weighted by Gasteiger charge is -1.95. The Bertz CT molecular complexity index is 2650. The minimum atomic E-state index is -4.02. The van der Waals surface area contributed by atoms with Crippen molar-refractivity contribution in [3.8, 4) is 0 Å². The van der Waals surface area contributed by atoms with Crippen molar-refractivity contribution < 1.29 is 116 Å². The second kappa shape index (κ2) is 52.5. The molecule has 0 radical (unpaired) electrons. The summed E-state index contributed by atoms with van der Waals surface area (Å²) in [6.45, 7) is 11.0. The Kier molecular flexibility index (Phi) is 72.9. The molecule has 0 amide bonds. The molecule has 6 aromatic carbocycles. The number of hydrogen-bond acceptors (Lipinski definition) is 12. The molecule has 0 aliphatic heterocycles. The van der Waals surface area contributed by atoms with Gasteiger partial charge < -0.3 is 38.3 Å². The molecular formula is C43H76Cl2O25S12. The summed E-state index contributed by atoms with van der Waals surface area (Å²) in [6.07, 6.45) is 0. The van der Waals surface area contributed by atoms with E-state index in [1.54, 1.807) is 72.8 Å². The zero-order valence-corrected chi connectivity index (χ0v) is 56.3. The number of rotatable bonds is 6. The first-order valence-corrected chi connectivity index (χ1v) is 28.5. The largest absolute Gasteiger partial charge is 0.412 e. The van der Waals surface area contributed by atoms with Gasteiger partial charge >= 0.3 is 0 Å². The van der Waals surface area contributed by atoms with Crippen LogP contribution in [0.1, 0.15) is 33.4 Å². The molecule has 25 nitrogen and oxygen atoms in total. The van der Waals surface area contributed by atoms with Gasteiger partial charge in [0.05, 0.1) is 34.7 Å². The van der Waals surface area contributed by atoms with E-state index in [9.17, 15) is 50.5 Å². The molecule has 484 valence electrons. The predicted molar refractivity (Wildman–Crippen MR) is 350 cm³/mol. The molecule has 0 atom stereocenters. The van der Waals surface area contributed by atoms with Gasteiger partial charge in [-0.3, -0.25) is 27.3 Å². The molecule has 0 heterocycles. The summed E-state index contributed by atoms with van der Waals surface area (Å²) < 4.78 is 177. The molecule has 6 aromatic rings. The first-order valence-electron chi connectivity index (χ1n) is 18.8. The Morgan fingerprint density at radius 2 is 0.293 bits per heavy atom. The summed E-state index contributed by atoms with van der Waals surface area (Å²) in [5.41, 5.74) is 5.74. The third kappa shape index (κ3) is 51.6. The Labute approximate surface area is 531 Å². The van der Waals surface area contributed by atoms with Gasteiger partial charge in [0.2, 0.25) is 0 Å². The monoisotopic (exact) mass is 1450 g/mol. The first-order chi connectivity index (χ1) is 31.4. The van der Waals surface area contributed by atoms with E-state index in [1.165, 1.54) is 72.8 Å². The molecule has 0 fully saturated rings. The van der Waals surface area contributed by atoms with Gasteiger partial charge in [-0.1, -0.05) is 106 Å². The fourth-order valence-corrected chi connectivity index (χ4v) is 7.14. The van der Waals surface area contributed by atoms with Gasteiger partial charge in [-0.05, 0) is 114 Å². The summed E-state index contributed by atoms with van der Waals surface area (Å²) in [6, 6.07) is 35.9. The predicted octanol–water partition coefficient (Wildman–Crippen LogP) is 3.78. The zero-order chi connectivity index (χ0) is 53.6. The Balaban J connectivity index is -0.0000000541. The molecule has 0 saturated heterocycles. The van der Waals surface area contributed by atoms with Gasteiger partial charge in [0.15, 0.2) is 0 Å². The standard InChI is InChI=1S/6C7H8O3S.CH2Cl2.7H2O.6H2S/c6*1-6-2-4-7(5-3-6)11(8,9)10;2-1-3;;;;;;;;;;;;;/h6*2-5H,1H3,(H,8,9,10);1H2;13*1H2. The highest BCUT2D eigenvalue weighted by Gasteiger charge is 2.11. The second-order valence-electron chi connectivity index (χ2n) is 13.8. The van der Waals surface area contributed by atoms with Gasteiger partial charge in [-0.2, -0.15) is 131 Å². The molecular weight excluding hydrogens is 1370 g/mol. The van der Waals surface area contributed by atoms with Crippen molar-refractivity contribution in [2.24, 2.45) is 0 Å². The van der Waals surface area contributed by atoms with Crippen LogP contribution < -0.4 is 0 Å². The minimum Gasteiger partial charge on any atom is -0.412 e. The Morgan fingerprint density at radius 1 is 0.232 bits per heavy atom. The highest BCUT2D eigenvalue weighted by Crippen LogP contribution is 2.13. The van der Waals surface area contributed by atoms with Gasteiger partial charge in [-0.15, -0.1) is 23.2 Å². The number of benzene rings is 6. The van der Waals surface area contributed by atoms with Crippen LogP contribution >= 0.6 is 104 Å². The number of halogens is 2. The van der Waals surface area contributed by atoms with Gasteiger partial charge in [0, 0.05) is 0 Å². The average molecular weight is 1450 g/mol. The van der Waals surface area contributed by atoms with Crippen molar-refractivity contribution in [2.45, 2.75) is 70.9 Å². The second-order valence-corrected chi connectivity index (χ2v) is 23.2. The van der Waals surface area contributed by atoms with Gasteiger partial charge in [0.1, 0.15) is 0 Å². The van der Waals surface area contributed by atoms with Crippen LogP contribution in [0.2, 0.25) is 0 Å². The molecule has 82 heavy (non-hydrogen) atoms. The lowest BCUT2D eigenvalue weighted by molar-refractivity contribution is 0.481. The number of hydrogen-bond donors (Lipinski definition) is 6. The van der Waals surface area contributed by atoms with Gasteiger partial charge in [0.25, 0.3) is 60.7 Å². The lowest BCUT2D eigenvalue weighted by atomic mass is 10.2. The van der Waals surface area contributed by atoms with Crippen molar-refractivity contribution in [1.82, 2.24) is 0 Å². The molecule has 0 saturated carbocycles. The summed E-state index contributed by atoms with van der Waals surface area (Å²) >= 11 is 9.53. The minimum absolute atomic E-state index is 0. The van der Waals surface area contributed by atoms with Crippen molar-refractivity contribution in [1.29, 1.82) is 0 Å². The lowest BCUT2D eigenvalue weighted by Crippen LogP contribution is -1.96. The molecule has 0 aromatic heterocycles. The van der Waals surface area contributed by atoms with Gasteiger partial charge in [-0.25, -0.2) is 0 Å². The van der Waals surface area contributed by atoms with Crippen molar-refractivity contribution in [2.75, 3.05) is 5.34 Å². The SMILES string of the molecule is Cc1ccc(S(=O)(=O)O)cc1.Cc1ccc(S(=O)(=O)O)cc1.Cc1ccc(S(=O)(=O)O)cc1.Cc1ccc(S(=O)(=O)O)cc1.Cc1ccc(S(=O)(=O)O)cc1.Cc1ccc(S(=O)(=O)O)cc1.ClCCl.O.O.O.O.O.O.O.S.S.S.S.S.S. The van der Waals surface area contributed by atoms with E-state index in [0.29, 0.717) is 0 Å². The third-order valence-electron chi connectivity index (χ3n) is 7.91. The fourth-order valence-electron chi connectivity index (χ4n) is 4.26. The van der Waals surface area contributed by atoms with Crippen LogP contribution in [0.15, 0.2) is 175 Å². The molecule has 0 aliphatic rings. The van der Waals surface area contributed by atoms with Crippen molar-refractivity contribution in [3.05, 3.63) is 179 Å². The van der Waals surface area contributed by atoms with Crippen LogP contribution in [-0.2, 0) is 60.7 Å². The van der Waals surface area contributed by atoms with E-state index in [4.69, 9.17) is 50.5 Å². The van der Waals surface area contributed by atoms with Crippen LogP contribution in [0.4, 0.5) is 0 Å².